The van der Waals surface area contributed by atoms with Crippen LogP contribution >= 0.6 is 0 Å². The van der Waals surface area contributed by atoms with Crippen LogP contribution in [0.15, 0.2) is 30.3 Å². The van der Waals surface area contributed by atoms with E-state index >= 15 is 0 Å². The molecule has 2 aromatic rings. The number of morpholine rings is 1. The molecule has 0 bridgehead atoms. The molecule has 0 amide bonds. The third kappa shape index (κ3) is 3.22. The Morgan fingerprint density at radius 3 is 2.40 bits per heavy atom. The number of hydrogen-bond acceptors (Lipinski definition) is 7. The fourth-order valence-corrected chi connectivity index (χ4v) is 4.73. The minimum atomic E-state index is -0.0708. The van der Waals surface area contributed by atoms with E-state index in [-0.39, 0.29) is 24.9 Å². The SMILES string of the molecule is COc1ccc([C@H]2c3cc4c(cc3O[C@H](N3CCOCC3)[C@H]2C)OCO4)c(OC)c1. The van der Waals surface area contributed by atoms with Crippen LogP contribution in [0.25, 0.3) is 0 Å². The highest BCUT2D eigenvalue weighted by atomic mass is 16.7. The lowest BCUT2D eigenvalue weighted by atomic mass is 9.77. The average Bonchev–Trinajstić information content (AvgIpc) is 3.25. The van der Waals surface area contributed by atoms with Crippen LogP contribution in [0.3, 0.4) is 0 Å². The zero-order valence-electron chi connectivity index (χ0n) is 17.6. The molecular formula is C23H27NO6. The Bertz CT molecular complexity index is 926. The van der Waals surface area contributed by atoms with E-state index in [2.05, 4.69) is 24.0 Å². The van der Waals surface area contributed by atoms with Crippen molar-refractivity contribution in [3.63, 3.8) is 0 Å². The molecule has 1 saturated heterocycles. The number of rotatable bonds is 4. The third-order valence-electron chi connectivity index (χ3n) is 6.24. The number of fused-ring (bicyclic) bond motifs is 2. The fraction of sp³-hybridized carbons (Fsp3) is 0.478. The summed E-state index contributed by atoms with van der Waals surface area (Å²) in [7, 11) is 3.36. The molecule has 7 heteroatoms. The van der Waals surface area contributed by atoms with Gasteiger partial charge < -0.3 is 28.4 Å². The maximum atomic E-state index is 6.55. The highest BCUT2D eigenvalue weighted by Crippen LogP contribution is 2.51. The Morgan fingerprint density at radius 2 is 1.67 bits per heavy atom. The third-order valence-corrected chi connectivity index (χ3v) is 6.24. The van der Waals surface area contributed by atoms with Crippen LogP contribution in [0.5, 0.6) is 28.7 Å². The van der Waals surface area contributed by atoms with E-state index in [0.29, 0.717) is 0 Å². The van der Waals surface area contributed by atoms with Crippen LogP contribution in [-0.4, -0.2) is 58.4 Å². The van der Waals surface area contributed by atoms with Crippen molar-refractivity contribution >= 4 is 0 Å². The van der Waals surface area contributed by atoms with Gasteiger partial charge in [-0.1, -0.05) is 13.0 Å². The van der Waals surface area contributed by atoms with Crippen molar-refractivity contribution in [1.82, 2.24) is 4.90 Å². The number of benzene rings is 2. The zero-order chi connectivity index (χ0) is 20.7. The summed E-state index contributed by atoms with van der Waals surface area (Å²) in [5, 5.41) is 0. The number of hydrogen-bond donors (Lipinski definition) is 0. The van der Waals surface area contributed by atoms with Crippen LogP contribution in [0.1, 0.15) is 24.0 Å². The largest absolute Gasteiger partial charge is 0.497 e. The molecule has 2 aromatic carbocycles. The minimum absolute atomic E-state index is 0.0666. The maximum Gasteiger partial charge on any atom is 0.231 e. The van der Waals surface area contributed by atoms with Gasteiger partial charge in [0.25, 0.3) is 0 Å². The van der Waals surface area contributed by atoms with E-state index in [9.17, 15) is 0 Å². The second-order valence-corrected chi connectivity index (χ2v) is 7.84. The number of ether oxygens (including phenoxy) is 6. The summed E-state index contributed by atoms with van der Waals surface area (Å²) in [4.78, 5) is 2.37. The normalized spacial score (nSPS) is 25.4. The highest BCUT2D eigenvalue weighted by molar-refractivity contribution is 5.58. The van der Waals surface area contributed by atoms with Gasteiger partial charge in [0.2, 0.25) is 6.79 Å². The van der Waals surface area contributed by atoms with E-state index in [1.807, 2.05) is 18.2 Å². The molecule has 5 rings (SSSR count). The molecule has 1 fully saturated rings. The van der Waals surface area contributed by atoms with Gasteiger partial charge >= 0.3 is 0 Å². The Labute approximate surface area is 176 Å². The van der Waals surface area contributed by atoms with Gasteiger partial charge in [-0.3, -0.25) is 4.90 Å². The van der Waals surface area contributed by atoms with Gasteiger partial charge in [-0.25, -0.2) is 0 Å². The monoisotopic (exact) mass is 413 g/mol. The predicted molar refractivity (Wildman–Crippen MR) is 110 cm³/mol. The summed E-state index contributed by atoms with van der Waals surface area (Å²) >= 11 is 0. The molecule has 3 aliphatic rings. The molecule has 7 nitrogen and oxygen atoms in total. The molecule has 0 unspecified atom stereocenters. The Balaban J connectivity index is 1.62. The van der Waals surface area contributed by atoms with Crippen molar-refractivity contribution < 1.29 is 28.4 Å². The van der Waals surface area contributed by atoms with Crippen LogP contribution < -0.4 is 23.7 Å². The first-order valence-electron chi connectivity index (χ1n) is 10.3. The van der Waals surface area contributed by atoms with Crippen molar-refractivity contribution in [1.29, 1.82) is 0 Å². The van der Waals surface area contributed by atoms with Crippen molar-refractivity contribution in [3.8, 4) is 28.7 Å². The average molecular weight is 413 g/mol. The Morgan fingerprint density at radius 1 is 0.900 bits per heavy atom. The second kappa shape index (κ2) is 7.89. The van der Waals surface area contributed by atoms with E-state index in [1.54, 1.807) is 14.2 Å². The summed E-state index contributed by atoms with van der Waals surface area (Å²) in [6, 6.07) is 10.0. The lowest BCUT2D eigenvalue weighted by molar-refractivity contribution is -0.0785. The molecule has 0 aromatic heterocycles. The van der Waals surface area contributed by atoms with Crippen molar-refractivity contribution in [3.05, 3.63) is 41.5 Å². The Kier molecular flexibility index (Phi) is 5.08. The van der Waals surface area contributed by atoms with E-state index < -0.39 is 0 Å². The van der Waals surface area contributed by atoms with Gasteiger partial charge in [0.05, 0.1) is 27.4 Å². The summed E-state index contributed by atoms with van der Waals surface area (Å²) < 4.78 is 34.6. The van der Waals surface area contributed by atoms with Crippen LogP contribution in [0.4, 0.5) is 0 Å². The number of nitrogens with zero attached hydrogens (tertiary/aromatic N) is 1. The number of methoxy groups -OCH3 is 2. The van der Waals surface area contributed by atoms with Gasteiger partial charge in [0, 0.05) is 48.2 Å². The molecule has 0 spiro atoms. The molecular weight excluding hydrogens is 386 g/mol. The summed E-state index contributed by atoms with van der Waals surface area (Å²) in [5.74, 6) is 4.13. The molecule has 0 N–H and O–H groups in total. The molecule has 0 saturated carbocycles. The van der Waals surface area contributed by atoms with E-state index in [4.69, 9.17) is 28.4 Å². The van der Waals surface area contributed by atoms with Crippen molar-refractivity contribution in [2.75, 3.05) is 47.3 Å². The summed E-state index contributed by atoms with van der Waals surface area (Å²) in [6.07, 6.45) is -0.0708. The quantitative estimate of drug-likeness (QED) is 0.763. The smallest absolute Gasteiger partial charge is 0.231 e. The van der Waals surface area contributed by atoms with Gasteiger partial charge in [0.15, 0.2) is 17.7 Å². The molecule has 0 radical (unpaired) electrons. The van der Waals surface area contributed by atoms with Crippen molar-refractivity contribution in [2.24, 2.45) is 5.92 Å². The lowest BCUT2D eigenvalue weighted by Crippen LogP contribution is -2.52. The van der Waals surface area contributed by atoms with Crippen LogP contribution in [0, 0.1) is 5.92 Å². The first-order valence-corrected chi connectivity index (χ1v) is 10.3. The second-order valence-electron chi connectivity index (χ2n) is 7.84. The Hall–Kier alpha value is -2.64. The van der Waals surface area contributed by atoms with Gasteiger partial charge in [-0.15, -0.1) is 0 Å². The standard InChI is InChI=1S/C23H27NO6/c1-14-22(16-5-4-15(25-2)10-18(16)26-3)17-11-20-21(29-13-28-20)12-19(17)30-23(14)24-6-8-27-9-7-24/h4-5,10-12,14,22-23H,6-9,13H2,1-3H3/t14-,22-,23-/m0/s1. The van der Waals surface area contributed by atoms with Crippen LogP contribution in [-0.2, 0) is 4.74 Å². The van der Waals surface area contributed by atoms with Gasteiger partial charge in [0.1, 0.15) is 17.2 Å². The first kappa shape index (κ1) is 19.3. The fourth-order valence-electron chi connectivity index (χ4n) is 4.73. The lowest BCUT2D eigenvalue weighted by Gasteiger charge is -2.44. The van der Waals surface area contributed by atoms with Crippen molar-refractivity contribution in [2.45, 2.75) is 19.1 Å². The molecule has 0 aliphatic carbocycles. The first-order chi connectivity index (χ1) is 14.7. The van der Waals surface area contributed by atoms with E-state index in [0.717, 1.165) is 66.2 Å². The molecule has 30 heavy (non-hydrogen) atoms. The zero-order valence-corrected chi connectivity index (χ0v) is 17.6. The van der Waals surface area contributed by atoms with Gasteiger partial charge in [-0.2, -0.15) is 0 Å². The minimum Gasteiger partial charge on any atom is -0.497 e. The van der Waals surface area contributed by atoms with Gasteiger partial charge in [-0.05, 0) is 12.1 Å². The van der Waals surface area contributed by atoms with Crippen LogP contribution in [0.2, 0.25) is 0 Å². The molecule has 3 atom stereocenters. The maximum absolute atomic E-state index is 6.55. The molecule has 3 heterocycles. The predicted octanol–water partition coefficient (Wildman–Crippen LogP) is 3.25. The highest BCUT2D eigenvalue weighted by Gasteiger charge is 2.42. The van der Waals surface area contributed by atoms with E-state index in [1.165, 1.54) is 0 Å². The molecule has 3 aliphatic heterocycles. The topological polar surface area (TPSA) is 58.6 Å². The summed E-state index contributed by atoms with van der Waals surface area (Å²) in [5.41, 5.74) is 2.19. The molecule has 160 valence electrons. The summed E-state index contributed by atoms with van der Waals surface area (Å²) in [6.45, 7) is 5.61.